The zero-order valence-corrected chi connectivity index (χ0v) is 12.7. The summed E-state index contributed by atoms with van der Waals surface area (Å²) in [4.78, 5) is 2.37. The van der Waals surface area contributed by atoms with Crippen molar-refractivity contribution >= 4 is 27.3 Å². The van der Waals surface area contributed by atoms with Gasteiger partial charge in [0.2, 0.25) is 0 Å². The Morgan fingerprint density at radius 1 is 1.33 bits per heavy atom. The second-order valence-corrected chi connectivity index (χ2v) is 6.05. The summed E-state index contributed by atoms with van der Waals surface area (Å²) in [6, 6.07) is 9.32. The molecule has 0 spiro atoms. The fourth-order valence-corrected chi connectivity index (χ4v) is 3.74. The number of hydrogen-bond donors (Lipinski definition) is 1. The zero-order chi connectivity index (χ0) is 13.1. The van der Waals surface area contributed by atoms with Gasteiger partial charge in [-0.25, -0.2) is 4.39 Å². The van der Waals surface area contributed by atoms with Crippen molar-refractivity contribution in [2.24, 2.45) is 0 Å². The van der Waals surface area contributed by atoms with E-state index in [9.17, 15) is 4.39 Å². The Labute approximate surface area is 119 Å². The van der Waals surface area contributed by atoms with Gasteiger partial charge in [-0.2, -0.15) is 0 Å². The normalized spacial score (nSPS) is 12.7. The van der Waals surface area contributed by atoms with E-state index in [0.717, 1.165) is 21.3 Å². The topological polar surface area (TPSA) is 12.0 Å². The van der Waals surface area contributed by atoms with Crippen molar-refractivity contribution < 1.29 is 4.39 Å². The predicted octanol–water partition coefficient (Wildman–Crippen LogP) is 4.99. The zero-order valence-electron chi connectivity index (χ0n) is 10.3. The summed E-state index contributed by atoms with van der Waals surface area (Å²) in [6.07, 6.45) is 1.04. The average Bonchev–Trinajstić information content (AvgIpc) is 2.83. The van der Waals surface area contributed by atoms with Gasteiger partial charge in [-0.05, 0) is 43.8 Å². The molecule has 1 N–H and O–H groups in total. The SMILES string of the molecule is CCC(NC)c1ccc(-c2cc(F)ccc2Br)s1. The number of nitrogens with one attached hydrogen (secondary N) is 1. The largest absolute Gasteiger partial charge is 0.312 e. The Bertz CT molecular complexity index is 534. The molecule has 4 heteroatoms. The summed E-state index contributed by atoms with van der Waals surface area (Å²) >= 11 is 5.18. The molecule has 0 saturated heterocycles. The molecule has 0 aliphatic carbocycles. The molecular weight excluding hydrogens is 313 g/mol. The highest BCUT2D eigenvalue weighted by molar-refractivity contribution is 9.10. The summed E-state index contributed by atoms with van der Waals surface area (Å²) in [5.41, 5.74) is 0.914. The Balaban J connectivity index is 2.37. The van der Waals surface area contributed by atoms with Crippen LogP contribution >= 0.6 is 27.3 Å². The lowest BCUT2D eigenvalue weighted by atomic mass is 10.1. The van der Waals surface area contributed by atoms with E-state index < -0.39 is 0 Å². The monoisotopic (exact) mass is 327 g/mol. The van der Waals surface area contributed by atoms with Gasteiger partial charge in [0.25, 0.3) is 0 Å². The van der Waals surface area contributed by atoms with E-state index in [1.165, 1.54) is 10.9 Å². The third kappa shape index (κ3) is 2.82. The molecule has 1 nitrogen and oxygen atoms in total. The highest BCUT2D eigenvalue weighted by atomic mass is 79.9. The molecule has 0 amide bonds. The van der Waals surface area contributed by atoms with Crippen LogP contribution in [0.4, 0.5) is 4.39 Å². The molecule has 0 aliphatic rings. The Morgan fingerprint density at radius 3 is 2.78 bits per heavy atom. The second kappa shape index (κ2) is 5.95. The Hall–Kier alpha value is -0.710. The van der Waals surface area contributed by atoms with Gasteiger partial charge in [0, 0.05) is 25.8 Å². The molecule has 0 aliphatic heterocycles. The fourth-order valence-electron chi connectivity index (χ4n) is 1.92. The summed E-state index contributed by atoms with van der Waals surface area (Å²) < 4.78 is 14.2. The minimum atomic E-state index is -0.205. The van der Waals surface area contributed by atoms with Crippen molar-refractivity contribution in [3.8, 4) is 10.4 Å². The first-order valence-electron chi connectivity index (χ1n) is 5.88. The summed E-state index contributed by atoms with van der Waals surface area (Å²) in [5.74, 6) is -0.205. The van der Waals surface area contributed by atoms with E-state index in [2.05, 4.69) is 40.3 Å². The lowest BCUT2D eigenvalue weighted by Crippen LogP contribution is -2.13. The maximum Gasteiger partial charge on any atom is 0.123 e. The van der Waals surface area contributed by atoms with Gasteiger partial charge >= 0.3 is 0 Å². The maximum atomic E-state index is 13.3. The Morgan fingerprint density at radius 2 is 2.11 bits per heavy atom. The number of hydrogen-bond acceptors (Lipinski definition) is 2. The molecule has 1 heterocycles. The number of thiophene rings is 1. The molecule has 0 bridgehead atoms. The van der Waals surface area contributed by atoms with Crippen molar-refractivity contribution in [1.29, 1.82) is 0 Å². The van der Waals surface area contributed by atoms with Crippen molar-refractivity contribution in [3.05, 3.63) is 45.5 Å². The molecule has 1 aromatic carbocycles. The standard InChI is InChI=1S/C14H15BrFNS/c1-3-12(17-2)14-7-6-13(18-14)10-8-9(16)4-5-11(10)15/h4-8,12,17H,3H2,1-2H3. The van der Waals surface area contributed by atoms with E-state index in [0.29, 0.717) is 6.04 Å². The minimum absolute atomic E-state index is 0.205. The van der Waals surface area contributed by atoms with Gasteiger partial charge in [-0.15, -0.1) is 11.3 Å². The number of rotatable bonds is 4. The molecule has 1 aromatic heterocycles. The highest BCUT2D eigenvalue weighted by Crippen LogP contribution is 2.36. The lowest BCUT2D eigenvalue weighted by Gasteiger charge is -2.10. The third-order valence-electron chi connectivity index (χ3n) is 2.92. The van der Waals surface area contributed by atoms with Crippen molar-refractivity contribution in [2.75, 3.05) is 7.05 Å². The quantitative estimate of drug-likeness (QED) is 0.834. The van der Waals surface area contributed by atoms with Crippen LogP contribution in [0.5, 0.6) is 0 Å². The van der Waals surface area contributed by atoms with Crippen molar-refractivity contribution in [1.82, 2.24) is 5.32 Å². The highest BCUT2D eigenvalue weighted by Gasteiger charge is 2.12. The van der Waals surface area contributed by atoms with E-state index in [1.807, 2.05) is 7.05 Å². The fraction of sp³-hybridized carbons (Fsp3) is 0.286. The first-order chi connectivity index (χ1) is 8.65. The van der Waals surface area contributed by atoms with Crippen LogP contribution in [-0.2, 0) is 0 Å². The lowest BCUT2D eigenvalue weighted by molar-refractivity contribution is 0.586. The van der Waals surface area contributed by atoms with Crippen LogP contribution in [0.1, 0.15) is 24.3 Å². The third-order valence-corrected chi connectivity index (χ3v) is 4.84. The van der Waals surface area contributed by atoms with Crippen LogP contribution in [0.25, 0.3) is 10.4 Å². The van der Waals surface area contributed by atoms with Gasteiger partial charge in [0.15, 0.2) is 0 Å². The van der Waals surface area contributed by atoms with Crippen molar-refractivity contribution in [3.63, 3.8) is 0 Å². The minimum Gasteiger partial charge on any atom is -0.312 e. The number of halogens is 2. The molecule has 2 rings (SSSR count). The molecule has 1 atom stereocenters. The van der Waals surface area contributed by atoms with Gasteiger partial charge in [-0.1, -0.05) is 22.9 Å². The molecule has 96 valence electrons. The smallest absolute Gasteiger partial charge is 0.123 e. The summed E-state index contributed by atoms with van der Waals surface area (Å²) in [6.45, 7) is 2.15. The van der Waals surface area contributed by atoms with Crippen LogP contribution in [0.2, 0.25) is 0 Å². The van der Waals surface area contributed by atoms with Crippen LogP contribution in [0.3, 0.4) is 0 Å². The average molecular weight is 328 g/mol. The van der Waals surface area contributed by atoms with Gasteiger partial charge in [-0.3, -0.25) is 0 Å². The van der Waals surface area contributed by atoms with Crippen LogP contribution in [0.15, 0.2) is 34.8 Å². The van der Waals surface area contributed by atoms with E-state index in [1.54, 1.807) is 23.5 Å². The van der Waals surface area contributed by atoms with Crippen LogP contribution in [-0.4, -0.2) is 7.05 Å². The van der Waals surface area contributed by atoms with Crippen LogP contribution < -0.4 is 5.32 Å². The molecule has 0 saturated carbocycles. The van der Waals surface area contributed by atoms with E-state index in [-0.39, 0.29) is 5.82 Å². The molecule has 2 aromatic rings. The molecule has 1 unspecified atom stereocenters. The van der Waals surface area contributed by atoms with E-state index in [4.69, 9.17) is 0 Å². The summed E-state index contributed by atoms with van der Waals surface area (Å²) in [5, 5.41) is 3.28. The van der Waals surface area contributed by atoms with Crippen LogP contribution in [0, 0.1) is 5.82 Å². The number of benzene rings is 1. The predicted molar refractivity (Wildman–Crippen MR) is 79.5 cm³/mol. The van der Waals surface area contributed by atoms with Gasteiger partial charge in [0.05, 0.1) is 0 Å². The maximum absolute atomic E-state index is 13.3. The molecule has 18 heavy (non-hydrogen) atoms. The molecular formula is C14H15BrFNS. The molecule has 0 fully saturated rings. The summed E-state index contributed by atoms with van der Waals surface area (Å²) in [7, 11) is 1.96. The van der Waals surface area contributed by atoms with Crippen molar-refractivity contribution in [2.45, 2.75) is 19.4 Å². The van der Waals surface area contributed by atoms with E-state index >= 15 is 0 Å². The first-order valence-corrected chi connectivity index (χ1v) is 7.49. The van der Waals surface area contributed by atoms with Gasteiger partial charge < -0.3 is 5.32 Å². The second-order valence-electron chi connectivity index (χ2n) is 4.08. The first kappa shape index (κ1) is 13.7. The Kier molecular flexibility index (Phi) is 4.54. The molecule has 0 radical (unpaired) electrons. The van der Waals surface area contributed by atoms with Gasteiger partial charge in [0.1, 0.15) is 5.82 Å².